The molecule has 1 heterocycles. The Labute approximate surface area is 172 Å². The molecular weight excluding hydrogens is 388 g/mol. The summed E-state index contributed by atoms with van der Waals surface area (Å²) in [6, 6.07) is 8.37. The highest BCUT2D eigenvalue weighted by atomic mass is 32.2. The summed E-state index contributed by atoms with van der Waals surface area (Å²) in [5, 5.41) is 10.3. The molecule has 1 aliphatic carbocycles. The Morgan fingerprint density at radius 1 is 1.14 bits per heavy atom. The van der Waals surface area contributed by atoms with Crippen molar-refractivity contribution in [3.8, 4) is 0 Å². The van der Waals surface area contributed by atoms with Gasteiger partial charge in [-0.3, -0.25) is 9.69 Å². The summed E-state index contributed by atoms with van der Waals surface area (Å²) in [4.78, 5) is 15.1. The zero-order valence-electron chi connectivity index (χ0n) is 16.3. The molecule has 29 heavy (non-hydrogen) atoms. The second kappa shape index (κ2) is 9.00. The minimum atomic E-state index is -3.52. The average molecular weight is 415 g/mol. The van der Waals surface area contributed by atoms with E-state index in [1.807, 2.05) is 4.90 Å². The first kappa shape index (κ1) is 21.4. The highest BCUT2D eigenvalue weighted by Crippen LogP contribution is 2.27. The molecule has 0 bridgehead atoms. The molecule has 0 spiro atoms. The van der Waals surface area contributed by atoms with Gasteiger partial charge in [0, 0.05) is 31.8 Å². The molecule has 1 N–H and O–H groups in total. The molecule has 1 unspecified atom stereocenters. The lowest BCUT2D eigenvalue weighted by atomic mass is 9.87. The number of carbonyl (C=O) groups excluding carboxylic acids is 1. The first-order chi connectivity index (χ1) is 13.8. The van der Waals surface area contributed by atoms with Gasteiger partial charge in [-0.25, -0.2) is 8.42 Å². The Morgan fingerprint density at radius 2 is 1.79 bits per heavy atom. The minimum Gasteiger partial charge on any atom is -0.384 e. The number of aliphatic hydroxyl groups excluding tert-OH is 1. The quantitative estimate of drug-likeness (QED) is 0.690. The number of sulfonamides is 1. The van der Waals surface area contributed by atoms with Gasteiger partial charge in [0.05, 0.1) is 11.4 Å². The Morgan fingerprint density at radius 3 is 2.41 bits per heavy atom. The van der Waals surface area contributed by atoms with Gasteiger partial charge in [-0.15, -0.1) is 6.58 Å². The highest BCUT2D eigenvalue weighted by Gasteiger charge is 2.30. The van der Waals surface area contributed by atoms with Crippen LogP contribution in [0.25, 0.3) is 0 Å². The van der Waals surface area contributed by atoms with E-state index >= 15 is 0 Å². The number of hydrogen-bond donors (Lipinski definition) is 1. The van der Waals surface area contributed by atoms with E-state index in [-0.39, 0.29) is 17.2 Å². The van der Waals surface area contributed by atoms with E-state index in [0.717, 1.165) is 0 Å². The normalized spacial score (nSPS) is 21.4. The Kier molecular flexibility index (Phi) is 6.64. The molecule has 1 fully saturated rings. The predicted octanol–water partition coefficient (Wildman–Crippen LogP) is 1.92. The summed E-state index contributed by atoms with van der Waals surface area (Å²) in [5.41, 5.74) is 1.66. The maximum Gasteiger partial charge on any atom is 0.243 e. The van der Waals surface area contributed by atoms with Gasteiger partial charge < -0.3 is 5.11 Å². The van der Waals surface area contributed by atoms with E-state index in [1.165, 1.54) is 4.31 Å². The van der Waals surface area contributed by atoms with Crippen molar-refractivity contribution in [2.45, 2.75) is 17.4 Å². The highest BCUT2D eigenvalue weighted by molar-refractivity contribution is 7.89. The SMILES string of the molecule is C=CCC1=C(C(=O)CN2CCN(S(=O)(=O)c3ccccc3)CC2)C=CC(=C)C1O. The van der Waals surface area contributed by atoms with Gasteiger partial charge in [0.15, 0.2) is 5.78 Å². The summed E-state index contributed by atoms with van der Waals surface area (Å²) < 4.78 is 26.9. The number of hydrogen-bond acceptors (Lipinski definition) is 5. The van der Waals surface area contributed by atoms with Crippen LogP contribution in [-0.4, -0.2) is 67.3 Å². The van der Waals surface area contributed by atoms with Crippen molar-refractivity contribution in [2.24, 2.45) is 0 Å². The standard InChI is InChI=1S/C22H26N2O4S/c1-3-7-20-19(11-10-17(2)22(20)26)21(25)16-23-12-14-24(15-13-23)29(27,28)18-8-5-4-6-9-18/h3-6,8-11,22,26H,1-2,7,12-16H2. The predicted molar refractivity (Wildman–Crippen MR) is 113 cm³/mol. The molecule has 0 radical (unpaired) electrons. The van der Waals surface area contributed by atoms with Crippen molar-refractivity contribution in [2.75, 3.05) is 32.7 Å². The molecule has 3 rings (SSSR count). The fraction of sp³-hybridized carbons (Fsp3) is 0.318. The molecule has 1 aliphatic heterocycles. The third-order valence-electron chi connectivity index (χ3n) is 5.24. The van der Waals surface area contributed by atoms with E-state index in [2.05, 4.69) is 13.2 Å². The third-order valence-corrected chi connectivity index (χ3v) is 7.15. The van der Waals surface area contributed by atoms with Crippen LogP contribution in [0.15, 0.2) is 83.3 Å². The summed E-state index contributed by atoms with van der Waals surface area (Å²) in [7, 11) is -3.52. The third kappa shape index (κ3) is 4.64. The topological polar surface area (TPSA) is 77.9 Å². The van der Waals surface area contributed by atoms with Crippen molar-refractivity contribution in [1.82, 2.24) is 9.21 Å². The fourth-order valence-corrected chi connectivity index (χ4v) is 5.01. The maximum atomic E-state index is 12.8. The van der Waals surface area contributed by atoms with Gasteiger partial charge >= 0.3 is 0 Å². The zero-order chi connectivity index (χ0) is 21.0. The van der Waals surface area contributed by atoms with Crippen molar-refractivity contribution >= 4 is 15.8 Å². The number of rotatable bonds is 7. The van der Waals surface area contributed by atoms with Gasteiger partial charge in [-0.05, 0) is 29.7 Å². The number of carbonyl (C=O) groups is 1. The lowest BCUT2D eigenvalue weighted by molar-refractivity contribution is -0.116. The van der Waals surface area contributed by atoms with Crippen LogP contribution in [0.2, 0.25) is 0 Å². The number of benzene rings is 1. The Bertz CT molecular complexity index is 956. The summed E-state index contributed by atoms with van der Waals surface area (Å²) in [6.07, 6.45) is 4.56. The lowest BCUT2D eigenvalue weighted by Crippen LogP contribution is -2.50. The number of ketones is 1. The number of allylic oxidation sites excluding steroid dienone is 2. The van der Waals surface area contributed by atoms with Gasteiger partial charge in [0.25, 0.3) is 0 Å². The van der Waals surface area contributed by atoms with Crippen molar-refractivity contribution in [1.29, 1.82) is 0 Å². The van der Waals surface area contributed by atoms with E-state index in [1.54, 1.807) is 48.6 Å². The monoisotopic (exact) mass is 414 g/mol. The van der Waals surface area contributed by atoms with E-state index < -0.39 is 16.1 Å². The first-order valence-corrected chi connectivity index (χ1v) is 11.0. The van der Waals surface area contributed by atoms with E-state index in [9.17, 15) is 18.3 Å². The molecule has 154 valence electrons. The van der Waals surface area contributed by atoms with Crippen molar-refractivity contribution < 1.29 is 18.3 Å². The molecule has 0 aromatic heterocycles. The Hall–Kier alpha value is -2.32. The van der Waals surface area contributed by atoms with Crippen LogP contribution in [-0.2, 0) is 14.8 Å². The number of nitrogens with zero attached hydrogens (tertiary/aromatic N) is 2. The molecule has 1 aromatic carbocycles. The van der Waals surface area contributed by atoms with Gasteiger partial charge in [0.2, 0.25) is 10.0 Å². The first-order valence-electron chi connectivity index (χ1n) is 9.54. The van der Waals surface area contributed by atoms with Crippen LogP contribution in [0.3, 0.4) is 0 Å². The molecule has 6 nitrogen and oxygen atoms in total. The minimum absolute atomic E-state index is 0.0935. The second-order valence-electron chi connectivity index (χ2n) is 7.16. The second-order valence-corrected chi connectivity index (χ2v) is 9.10. The molecule has 1 aromatic rings. The van der Waals surface area contributed by atoms with Crippen LogP contribution in [0.4, 0.5) is 0 Å². The van der Waals surface area contributed by atoms with Crippen molar-refractivity contribution in [3.63, 3.8) is 0 Å². The number of aliphatic hydroxyl groups is 1. The van der Waals surface area contributed by atoms with Crippen LogP contribution >= 0.6 is 0 Å². The van der Waals surface area contributed by atoms with Crippen molar-refractivity contribution in [3.05, 3.63) is 78.4 Å². The molecule has 1 saturated heterocycles. The fourth-order valence-electron chi connectivity index (χ4n) is 3.57. The molecule has 7 heteroatoms. The molecule has 0 saturated carbocycles. The van der Waals surface area contributed by atoms with Crippen LogP contribution in [0, 0.1) is 0 Å². The van der Waals surface area contributed by atoms with Crippen LogP contribution in [0.1, 0.15) is 6.42 Å². The van der Waals surface area contributed by atoms with E-state index in [4.69, 9.17) is 0 Å². The van der Waals surface area contributed by atoms with Gasteiger partial charge in [-0.2, -0.15) is 4.31 Å². The molecule has 0 amide bonds. The summed E-state index contributed by atoms with van der Waals surface area (Å²) in [5.74, 6) is -0.0935. The molecule has 1 atom stereocenters. The van der Waals surface area contributed by atoms with E-state index in [0.29, 0.717) is 49.3 Å². The smallest absolute Gasteiger partial charge is 0.243 e. The largest absolute Gasteiger partial charge is 0.384 e. The zero-order valence-corrected chi connectivity index (χ0v) is 17.1. The number of Topliss-reactive ketones (excluding diaryl/α,β-unsaturated/α-hetero) is 1. The Balaban J connectivity index is 1.65. The summed E-state index contributed by atoms with van der Waals surface area (Å²) in [6.45, 7) is 9.29. The van der Waals surface area contributed by atoms with Gasteiger partial charge in [0.1, 0.15) is 6.10 Å². The van der Waals surface area contributed by atoms with Gasteiger partial charge in [-0.1, -0.05) is 43.0 Å². The van der Waals surface area contributed by atoms with Crippen LogP contribution in [0.5, 0.6) is 0 Å². The molecule has 2 aliphatic rings. The van der Waals surface area contributed by atoms with Crippen LogP contribution < -0.4 is 0 Å². The number of piperazine rings is 1. The maximum absolute atomic E-state index is 12.8. The average Bonchev–Trinajstić information content (AvgIpc) is 2.72. The molecular formula is C22H26N2O4S. The summed E-state index contributed by atoms with van der Waals surface area (Å²) >= 11 is 0. The lowest BCUT2D eigenvalue weighted by Gasteiger charge is -2.34.